The largest absolute Gasteiger partial charge is 0.371 e. The molecule has 1 atom stereocenters. The zero-order valence-electron chi connectivity index (χ0n) is 26.7. The molecule has 47 heavy (non-hydrogen) atoms. The second-order valence-electron chi connectivity index (χ2n) is 14.0. The highest BCUT2D eigenvalue weighted by Crippen LogP contribution is 2.42. The van der Waals surface area contributed by atoms with Crippen LogP contribution in [0.25, 0.3) is 0 Å². The lowest BCUT2D eigenvalue weighted by Crippen LogP contribution is -2.54. The second-order valence-corrected chi connectivity index (χ2v) is 14.0. The van der Waals surface area contributed by atoms with Crippen LogP contribution in [0.15, 0.2) is 42.5 Å². The summed E-state index contributed by atoms with van der Waals surface area (Å²) in [6, 6.07) is 11.4. The molecule has 4 saturated heterocycles. The van der Waals surface area contributed by atoms with Crippen LogP contribution >= 0.6 is 0 Å². The van der Waals surface area contributed by atoms with Gasteiger partial charge >= 0.3 is 0 Å². The van der Waals surface area contributed by atoms with Gasteiger partial charge in [0, 0.05) is 56.1 Å². The van der Waals surface area contributed by atoms with Crippen LogP contribution in [0, 0.1) is 21.4 Å². The second kappa shape index (κ2) is 12.7. The number of hydrogen-bond donors (Lipinski definition) is 1. The molecule has 248 valence electrons. The highest BCUT2D eigenvalue weighted by atomic mass is 16.6. The van der Waals surface area contributed by atoms with Crippen molar-refractivity contribution >= 4 is 40.7 Å². The molecule has 12 nitrogen and oxygen atoms in total. The Labute approximate surface area is 274 Å². The van der Waals surface area contributed by atoms with Crippen molar-refractivity contribution < 1.29 is 24.1 Å². The number of fused-ring (bicyclic) bond motifs is 1. The molecule has 1 spiro atoms. The topological polar surface area (TPSA) is 136 Å². The summed E-state index contributed by atoms with van der Waals surface area (Å²) in [6.45, 7) is 7.23. The quantitative estimate of drug-likeness (QED) is 0.270. The Morgan fingerprint density at radius 2 is 1.38 bits per heavy atom. The Hall–Kier alpha value is -4.32. The van der Waals surface area contributed by atoms with Gasteiger partial charge in [-0.2, -0.15) is 0 Å². The number of nitro benzene ring substituents is 1. The predicted molar refractivity (Wildman–Crippen MR) is 175 cm³/mol. The number of rotatable bonds is 7. The number of anilines is 2. The van der Waals surface area contributed by atoms with Gasteiger partial charge in [-0.25, -0.2) is 0 Å². The number of benzene rings is 2. The Kier molecular flexibility index (Phi) is 8.46. The number of carbonyl (C=O) groups is 4. The van der Waals surface area contributed by atoms with E-state index in [-0.39, 0.29) is 29.4 Å². The minimum atomic E-state index is -0.952. The number of nitro groups is 1. The molecule has 0 aromatic heterocycles. The van der Waals surface area contributed by atoms with E-state index in [0.717, 1.165) is 74.9 Å². The van der Waals surface area contributed by atoms with Gasteiger partial charge < -0.3 is 14.7 Å². The van der Waals surface area contributed by atoms with Crippen LogP contribution in [0.5, 0.6) is 0 Å². The van der Waals surface area contributed by atoms with Crippen molar-refractivity contribution in [3.8, 4) is 0 Å². The Morgan fingerprint density at radius 3 is 2.04 bits per heavy atom. The first-order valence-corrected chi connectivity index (χ1v) is 17.0. The Balaban J connectivity index is 0.853. The van der Waals surface area contributed by atoms with Gasteiger partial charge in [-0.05, 0) is 113 Å². The van der Waals surface area contributed by atoms with E-state index in [9.17, 15) is 29.3 Å². The van der Waals surface area contributed by atoms with Gasteiger partial charge in [0.25, 0.3) is 17.5 Å². The molecule has 4 fully saturated rings. The fraction of sp³-hybridized carbons (Fsp3) is 0.543. The van der Waals surface area contributed by atoms with Crippen LogP contribution in [0.2, 0.25) is 0 Å². The number of amides is 4. The van der Waals surface area contributed by atoms with Crippen molar-refractivity contribution in [3.63, 3.8) is 0 Å². The zero-order valence-corrected chi connectivity index (χ0v) is 26.7. The number of piperidine rings is 4. The van der Waals surface area contributed by atoms with E-state index in [1.807, 2.05) is 18.2 Å². The average Bonchev–Trinajstić information content (AvgIpc) is 3.33. The molecule has 7 rings (SSSR count). The SMILES string of the molecule is O=C1CCC(N2C(=O)c3ccc(N4CCC(CCN5CCC6(CC5)CCN(c5ccc([N+](=O)[O-])cc5)CC6)CC4)cc3C2=O)C(=O)N1. The predicted octanol–water partition coefficient (Wildman–Crippen LogP) is 3.99. The van der Waals surface area contributed by atoms with Crippen LogP contribution in [0.3, 0.4) is 0 Å². The van der Waals surface area contributed by atoms with E-state index in [4.69, 9.17) is 0 Å². The minimum absolute atomic E-state index is 0.106. The van der Waals surface area contributed by atoms with Crippen LogP contribution in [-0.2, 0) is 9.59 Å². The molecule has 12 heteroatoms. The molecule has 2 aromatic carbocycles. The van der Waals surface area contributed by atoms with Gasteiger partial charge in [-0.15, -0.1) is 0 Å². The standard InChI is InChI=1S/C35H42N6O6/c42-31-8-7-30(32(43)36-31)40-33(44)28-6-5-27(23-29(28)34(40)45)38-17-10-24(11-18-38)9-16-37-19-12-35(13-20-37)14-21-39(22-15-35)25-1-3-26(4-2-25)41(46)47/h1-6,23-24,30H,7-22H2,(H,36,42,43). The monoisotopic (exact) mass is 642 g/mol. The van der Waals surface area contributed by atoms with Crippen molar-refractivity contribution in [1.29, 1.82) is 0 Å². The lowest BCUT2D eigenvalue weighted by Gasteiger charge is -2.47. The van der Waals surface area contributed by atoms with Crippen molar-refractivity contribution in [1.82, 2.24) is 15.1 Å². The molecule has 0 bridgehead atoms. The normalized spacial score (nSPS) is 23.7. The van der Waals surface area contributed by atoms with Crippen molar-refractivity contribution in [2.24, 2.45) is 11.3 Å². The maximum Gasteiger partial charge on any atom is 0.269 e. The molecule has 2 aromatic rings. The number of nitrogens with one attached hydrogen (secondary N) is 1. The molecule has 5 aliphatic heterocycles. The number of hydrogen-bond acceptors (Lipinski definition) is 9. The van der Waals surface area contributed by atoms with Gasteiger partial charge in [0.05, 0.1) is 16.1 Å². The fourth-order valence-corrected chi connectivity index (χ4v) is 8.28. The van der Waals surface area contributed by atoms with E-state index in [0.29, 0.717) is 22.5 Å². The minimum Gasteiger partial charge on any atom is -0.371 e. The fourth-order valence-electron chi connectivity index (χ4n) is 8.28. The summed E-state index contributed by atoms with van der Waals surface area (Å²) in [6.07, 6.45) is 8.44. The lowest BCUT2D eigenvalue weighted by atomic mass is 9.71. The number of carbonyl (C=O) groups excluding carboxylic acids is 4. The molecular weight excluding hydrogens is 600 g/mol. The summed E-state index contributed by atoms with van der Waals surface area (Å²) in [4.78, 5) is 69.2. The van der Waals surface area contributed by atoms with Gasteiger partial charge in [0.15, 0.2) is 0 Å². The number of likely N-dealkylation sites (tertiary alicyclic amines) is 1. The zero-order chi connectivity index (χ0) is 32.7. The number of non-ortho nitro benzene ring substituents is 1. The van der Waals surface area contributed by atoms with E-state index in [1.165, 1.54) is 32.1 Å². The summed E-state index contributed by atoms with van der Waals surface area (Å²) >= 11 is 0. The van der Waals surface area contributed by atoms with E-state index in [1.54, 1.807) is 24.3 Å². The summed E-state index contributed by atoms with van der Waals surface area (Å²) < 4.78 is 0. The highest BCUT2D eigenvalue weighted by molar-refractivity contribution is 6.23. The third kappa shape index (κ3) is 6.22. The molecular formula is C35H42N6O6. The van der Waals surface area contributed by atoms with Crippen LogP contribution in [0.1, 0.15) is 78.5 Å². The molecule has 1 unspecified atom stereocenters. The summed E-state index contributed by atoms with van der Waals surface area (Å²) in [7, 11) is 0. The molecule has 5 heterocycles. The summed E-state index contributed by atoms with van der Waals surface area (Å²) in [5.74, 6) is -1.25. The van der Waals surface area contributed by atoms with E-state index in [2.05, 4.69) is 20.0 Å². The highest BCUT2D eigenvalue weighted by Gasteiger charge is 2.45. The van der Waals surface area contributed by atoms with Gasteiger partial charge in [0.1, 0.15) is 6.04 Å². The first-order valence-electron chi connectivity index (χ1n) is 17.0. The molecule has 0 radical (unpaired) electrons. The molecule has 5 aliphatic rings. The number of imide groups is 2. The molecule has 0 saturated carbocycles. The third-order valence-electron chi connectivity index (χ3n) is 11.4. The molecule has 0 aliphatic carbocycles. The van der Waals surface area contributed by atoms with Crippen molar-refractivity contribution in [3.05, 3.63) is 63.7 Å². The maximum atomic E-state index is 13.3. The van der Waals surface area contributed by atoms with Crippen molar-refractivity contribution in [2.75, 3.05) is 55.6 Å². The first kappa shape index (κ1) is 31.3. The first-order chi connectivity index (χ1) is 22.7. The average molecular weight is 643 g/mol. The maximum absolute atomic E-state index is 13.3. The third-order valence-corrected chi connectivity index (χ3v) is 11.4. The Bertz CT molecular complexity index is 1570. The van der Waals surface area contributed by atoms with Crippen molar-refractivity contribution in [2.45, 2.75) is 63.8 Å². The van der Waals surface area contributed by atoms with Gasteiger partial charge in [-0.1, -0.05) is 0 Å². The number of nitrogens with zero attached hydrogens (tertiary/aromatic N) is 5. The lowest BCUT2D eigenvalue weighted by molar-refractivity contribution is -0.384. The smallest absolute Gasteiger partial charge is 0.269 e. The van der Waals surface area contributed by atoms with E-state index < -0.39 is 23.8 Å². The van der Waals surface area contributed by atoms with Crippen LogP contribution in [-0.4, -0.2) is 90.2 Å². The van der Waals surface area contributed by atoms with Gasteiger partial charge in [0.2, 0.25) is 11.8 Å². The molecule has 4 amide bonds. The van der Waals surface area contributed by atoms with Crippen LogP contribution in [0.4, 0.5) is 17.1 Å². The summed E-state index contributed by atoms with van der Waals surface area (Å²) in [5.41, 5.74) is 3.20. The van der Waals surface area contributed by atoms with Gasteiger partial charge in [-0.3, -0.25) is 39.5 Å². The van der Waals surface area contributed by atoms with Crippen LogP contribution < -0.4 is 15.1 Å². The molecule has 1 N–H and O–H groups in total. The Morgan fingerprint density at radius 1 is 0.766 bits per heavy atom. The van der Waals surface area contributed by atoms with E-state index >= 15 is 0 Å². The summed E-state index contributed by atoms with van der Waals surface area (Å²) in [5, 5.41) is 13.2.